The predicted molar refractivity (Wildman–Crippen MR) is 130 cm³/mol. The molecule has 2 N–H and O–H groups in total. The van der Waals surface area contributed by atoms with Crippen molar-refractivity contribution in [2.75, 3.05) is 11.9 Å². The van der Waals surface area contributed by atoms with E-state index in [-0.39, 0.29) is 50.9 Å². The van der Waals surface area contributed by atoms with Crippen molar-refractivity contribution in [3.63, 3.8) is 0 Å². The maximum Gasteiger partial charge on any atom is 0.262 e. The van der Waals surface area contributed by atoms with Crippen molar-refractivity contribution >= 4 is 39.0 Å². The molecule has 0 radical (unpaired) electrons. The number of ether oxygens (including phenoxy) is 1. The molecule has 178 valence electrons. The third-order valence-electron chi connectivity index (χ3n) is 6.07. The number of aliphatic hydroxyl groups excluding tert-OH is 1. The van der Waals surface area contributed by atoms with Crippen LogP contribution in [0.2, 0.25) is 5.02 Å². The molecule has 0 spiro atoms. The second kappa shape index (κ2) is 9.29. The lowest BCUT2D eigenvalue weighted by Gasteiger charge is -2.25. The van der Waals surface area contributed by atoms with E-state index in [1.54, 1.807) is 13.2 Å². The predicted octanol–water partition coefficient (Wildman–Crippen LogP) is 4.56. The number of aliphatic hydroxyl groups is 1. The molecule has 1 fully saturated rings. The number of hydrogen-bond acceptors (Lipinski definition) is 7. The number of thiophene rings is 1. The zero-order chi connectivity index (χ0) is 24.0. The number of pyridine rings is 1. The third-order valence-corrected chi connectivity index (χ3v) is 7.57. The monoisotopic (exact) mass is 494 g/mol. The molecule has 0 amide bonds. The Morgan fingerprint density at radius 2 is 2.12 bits per heavy atom. The molecule has 1 aliphatic rings. The molecule has 1 aliphatic heterocycles. The average Bonchev–Trinajstić information content (AvgIpc) is 3.05. The Labute approximate surface area is 200 Å². The van der Waals surface area contributed by atoms with Gasteiger partial charge in [0.05, 0.1) is 33.6 Å². The summed E-state index contributed by atoms with van der Waals surface area (Å²) in [6, 6.07) is -0.335. The molecular weight excluding hydrogens is 467 g/mol. The fourth-order valence-electron chi connectivity index (χ4n) is 4.16. The van der Waals surface area contributed by atoms with Gasteiger partial charge in [-0.3, -0.25) is 4.79 Å². The van der Waals surface area contributed by atoms with Gasteiger partial charge in [-0.1, -0.05) is 32.4 Å². The van der Waals surface area contributed by atoms with Gasteiger partial charge >= 0.3 is 0 Å². The maximum atomic E-state index is 15.6. The molecule has 4 rings (SSSR count). The Morgan fingerprint density at radius 3 is 2.82 bits per heavy atom. The molecule has 4 heterocycles. The van der Waals surface area contributed by atoms with Crippen molar-refractivity contribution in [3.05, 3.63) is 39.2 Å². The summed E-state index contributed by atoms with van der Waals surface area (Å²) in [6.07, 6.45) is 2.73. The minimum atomic E-state index is -0.754. The number of aromatic nitrogens is 3. The Balaban J connectivity index is 1.79. The van der Waals surface area contributed by atoms with Crippen LogP contribution in [0.3, 0.4) is 0 Å². The molecule has 1 saturated heterocycles. The van der Waals surface area contributed by atoms with Gasteiger partial charge in [0.25, 0.3) is 5.56 Å². The highest BCUT2D eigenvalue weighted by Crippen LogP contribution is 2.41. The van der Waals surface area contributed by atoms with Gasteiger partial charge in [0.1, 0.15) is 11.8 Å². The molecule has 0 unspecified atom stereocenters. The Hall–Kier alpha value is -2.07. The molecule has 3 aromatic heterocycles. The summed E-state index contributed by atoms with van der Waals surface area (Å²) < 4.78 is 23.3. The van der Waals surface area contributed by atoms with Crippen molar-refractivity contribution in [1.29, 1.82) is 0 Å². The molecule has 7 nitrogen and oxygen atoms in total. The largest absolute Gasteiger partial charge is 0.388 e. The van der Waals surface area contributed by atoms with Crippen LogP contribution in [0.4, 0.5) is 10.3 Å². The maximum absolute atomic E-state index is 15.6. The Bertz CT molecular complexity index is 1240. The van der Waals surface area contributed by atoms with Gasteiger partial charge in [-0.25, -0.2) is 14.4 Å². The summed E-state index contributed by atoms with van der Waals surface area (Å²) in [6.45, 7) is 8.43. The van der Waals surface area contributed by atoms with Crippen LogP contribution in [0.25, 0.3) is 20.7 Å². The first-order chi connectivity index (χ1) is 15.6. The van der Waals surface area contributed by atoms with Crippen molar-refractivity contribution in [2.24, 2.45) is 13.0 Å². The Kier molecular flexibility index (Phi) is 6.77. The van der Waals surface area contributed by atoms with Gasteiger partial charge in [-0.2, -0.15) is 0 Å². The van der Waals surface area contributed by atoms with Crippen molar-refractivity contribution < 1.29 is 14.2 Å². The fraction of sp³-hybridized carbons (Fsp3) is 0.522. The van der Waals surface area contributed by atoms with Gasteiger partial charge < -0.3 is 19.7 Å². The van der Waals surface area contributed by atoms with Gasteiger partial charge in [0, 0.05) is 24.6 Å². The first kappa shape index (κ1) is 24.1. The minimum Gasteiger partial charge on any atom is -0.388 e. The quantitative estimate of drug-likeness (QED) is 0.552. The average molecular weight is 495 g/mol. The molecule has 3 aromatic rings. The number of rotatable bonds is 4. The normalized spacial score (nSPS) is 23.8. The van der Waals surface area contributed by atoms with E-state index in [1.165, 1.54) is 22.1 Å². The van der Waals surface area contributed by atoms with E-state index in [2.05, 4.69) is 15.3 Å². The number of fused-ring (bicyclic) bond motifs is 1. The number of anilines is 1. The SMILES string of the molecule is CC(C)c1cn(C)c(=O)c2c(F)c(-c3nc(N[C@@H]4C[C@H](C)CO[C@H](C)[C@H]4O)ncc3Cl)sc12. The van der Waals surface area contributed by atoms with Crippen LogP contribution in [-0.2, 0) is 11.8 Å². The highest BCUT2D eigenvalue weighted by atomic mass is 35.5. The first-order valence-electron chi connectivity index (χ1n) is 11.0. The van der Waals surface area contributed by atoms with E-state index in [9.17, 15) is 9.90 Å². The number of nitrogens with one attached hydrogen (secondary N) is 1. The standard InChI is InChI=1S/C23H28ClFN4O3S/c1-10(2)13-8-29(5)22(31)16-17(25)21(33-20(13)16)18-14(24)7-26-23(28-18)27-15-6-11(3)9-32-12(4)19(15)30/h7-8,10-12,15,19,30H,6,9H2,1-5H3,(H,26,27,28)/t11-,12+,15+,19+/m0/s1. The number of nitrogens with zero attached hydrogens (tertiary/aromatic N) is 3. The van der Waals surface area contributed by atoms with Crippen LogP contribution in [-0.4, -0.2) is 44.5 Å². The molecule has 33 heavy (non-hydrogen) atoms. The van der Waals surface area contributed by atoms with Crippen LogP contribution >= 0.6 is 22.9 Å². The van der Waals surface area contributed by atoms with Gasteiger partial charge in [0.2, 0.25) is 5.95 Å². The second-order valence-corrected chi connectivity index (χ2v) is 10.5. The first-order valence-corrected chi connectivity index (χ1v) is 12.2. The van der Waals surface area contributed by atoms with Crippen LogP contribution < -0.4 is 10.9 Å². The van der Waals surface area contributed by atoms with E-state index in [4.69, 9.17) is 16.3 Å². The van der Waals surface area contributed by atoms with Gasteiger partial charge in [0.15, 0.2) is 5.82 Å². The van der Waals surface area contributed by atoms with Crippen LogP contribution in [0, 0.1) is 11.7 Å². The van der Waals surface area contributed by atoms with E-state index < -0.39 is 17.5 Å². The van der Waals surface area contributed by atoms with Crippen molar-refractivity contribution in [1.82, 2.24) is 14.5 Å². The molecule has 0 aliphatic carbocycles. The highest BCUT2D eigenvalue weighted by molar-refractivity contribution is 7.22. The second-order valence-electron chi connectivity index (χ2n) is 9.12. The lowest BCUT2D eigenvalue weighted by Crippen LogP contribution is -2.40. The van der Waals surface area contributed by atoms with E-state index in [0.717, 1.165) is 5.56 Å². The smallest absolute Gasteiger partial charge is 0.262 e. The zero-order valence-corrected chi connectivity index (χ0v) is 20.8. The van der Waals surface area contributed by atoms with E-state index >= 15 is 4.39 Å². The van der Waals surface area contributed by atoms with E-state index in [0.29, 0.717) is 17.7 Å². The fourth-order valence-corrected chi connectivity index (χ4v) is 5.73. The molecule has 10 heteroatoms. The molecule has 0 saturated carbocycles. The number of hydrogen-bond donors (Lipinski definition) is 2. The van der Waals surface area contributed by atoms with Gasteiger partial charge in [-0.05, 0) is 30.7 Å². The summed E-state index contributed by atoms with van der Waals surface area (Å²) in [4.78, 5) is 21.7. The van der Waals surface area contributed by atoms with Gasteiger partial charge in [-0.15, -0.1) is 11.3 Å². The number of halogens is 2. The lowest BCUT2D eigenvalue weighted by atomic mass is 9.98. The van der Waals surface area contributed by atoms with Crippen LogP contribution in [0.15, 0.2) is 17.2 Å². The minimum absolute atomic E-state index is 0.0480. The van der Waals surface area contributed by atoms with Crippen molar-refractivity contribution in [2.45, 2.75) is 58.3 Å². The van der Waals surface area contributed by atoms with Crippen LogP contribution in [0.1, 0.15) is 45.6 Å². The van der Waals surface area contributed by atoms with Crippen molar-refractivity contribution in [3.8, 4) is 10.6 Å². The summed E-state index contributed by atoms with van der Waals surface area (Å²) >= 11 is 7.55. The van der Waals surface area contributed by atoms with E-state index in [1.807, 2.05) is 27.7 Å². The van der Waals surface area contributed by atoms with Crippen LogP contribution in [0.5, 0.6) is 0 Å². The molecule has 0 bridgehead atoms. The third kappa shape index (κ3) is 4.51. The zero-order valence-electron chi connectivity index (χ0n) is 19.2. The summed E-state index contributed by atoms with van der Waals surface area (Å²) in [5.41, 5.74) is 0.697. The number of aryl methyl sites for hydroxylation is 1. The topological polar surface area (TPSA) is 89.3 Å². The summed E-state index contributed by atoms with van der Waals surface area (Å²) in [5, 5.41) is 14.1. The molecule has 0 aromatic carbocycles. The highest BCUT2D eigenvalue weighted by Gasteiger charge is 2.32. The summed E-state index contributed by atoms with van der Waals surface area (Å²) in [5.74, 6) is -0.0609. The molecular formula is C23H28ClFN4O3S. The molecule has 4 atom stereocenters. The Morgan fingerprint density at radius 1 is 1.39 bits per heavy atom. The lowest BCUT2D eigenvalue weighted by molar-refractivity contribution is -0.0221. The summed E-state index contributed by atoms with van der Waals surface area (Å²) in [7, 11) is 1.62.